The highest BCUT2D eigenvalue weighted by Crippen LogP contribution is 2.22. The Morgan fingerprint density at radius 2 is 1.45 bits per heavy atom. The molecule has 4 atom stereocenters. The molecule has 11 heavy (non-hydrogen) atoms. The van der Waals surface area contributed by atoms with Gasteiger partial charge in [-0.1, -0.05) is 0 Å². The van der Waals surface area contributed by atoms with E-state index in [1.807, 2.05) is 0 Å². The first kappa shape index (κ1) is 7.53. The highest BCUT2D eigenvalue weighted by molar-refractivity contribution is 4.81. The third kappa shape index (κ3) is 1.92. The second-order valence-corrected chi connectivity index (χ2v) is 3.29. The number of hydrogen-bond donors (Lipinski definition) is 0. The fraction of sp³-hybridized carbons (Fsp3) is 1.00. The maximum Gasteiger partial charge on any atom is 0.107 e. The minimum atomic E-state index is 0.231. The van der Waals surface area contributed by atoms with Crippen molar-refractivity contribution in [3.05, 3.63) is 0 Å². The molecule has 4 unspecified atom stereocenters. The molecule has 0 N–H and O–H groups in total. The van der Waals surface area contributed by atoms with Gasteiger partial charge in [0.05, 0.1) is 25.4 Å². The van der Waals surface area contributed by atoms with Crippen LogP contribution in [0, 0.1) is 0 Å². The first-order valence-electron chi connectivity index (χ1n) is 4.16. The van der Waals surface area contributed by atoms with Crippen LogP contribution in [0.5, 0.6) is 0 Å². The van der Waals surface area contributed by atoms with E-state index in [0.717, 1.165) is 13.2 Å². The Hall–Kier alpha value is -0.120. The Kier molecular flexibility index (Phi) is 1.87. The quantitative estimate of drug-likeness (QED) is 0.561. The summed E-state index contributed by atoms with van der Waals surface area (Å²) in [6.07, 6.45) is 1.15. The second kappa shape index (κ2) is 2.73. The van der Waals surface area contributed by atoms with Gasteiger partial charge in [0.25, 0.3) is 0 Å². The first-order chi connectivity index (χ1) is 5.27. The van der Waals surface area contributed by atoms with E-state index in [2.05, 4.69) is 13.8 Å². The van der Waals surface area contributed by atoms with Crippen molar-refractivity contribution < 1.29 is 14.2 Å². The molecule has 2 heterocycles. The van der Waals surface area contributed by atoms with Gasteiger partial charge >= 0.3 is 0 Å². The number of ether oxygens (including phenoxy) is 3. The topological polar surface area (TPSA) is 34.3 Å². The molecule has 2 aliphatic heterocycles. The maximum atomic E-state index is 5.65. The summed E-state index contributed by atoms with van der Waals surface area (Å²) in [5.74, 6) is 0. The van der Waals surface area contributed by atoms with Crippen LogP contribution in [0.4, 0.5) is 0 Å². The molecule has 0 spiro atoms. The zero-order chi connectivity index (χ0) is 7.84. The van der Waals surface area contributed by atoms with Gasteiger partial charge in [0.2, 0.25) is 0 Å². The van der Waals surface area contributed by atoms with Crippen LogP contribution < -0.4 is 0 Å². The number of rotatable bonds is 4. The number of hydrogen-bond acceptors (Lipinski definition) is 3. The zero-order valence-corrected chi connectivity index (χ0v) is 6.95. The molecule has 3 nitrogen and oxygen atoms in total. The van der Waals surface area contributed by atoms with Gasteiger partial charge in [-0.05, 0) is 13.8 Å². The van der Waals surface area contributed by atoms with Crippen LogP contribution in [0.2, 0.25) is 0 Å². The van der Waals surface area contributed by atoms with Crippen molar-refractivity contribution in [1.29, 1.82) is 0 Å². The van der Waals surface area contributed by atoms with E-state index >= 15 is 0 Å². The molecule has 0 aromatic carbocycles. The van der Waals surface area contributed by atoms with E-state index in [1.165, 1.54) is 0 Å². The van der Waals surface area contributed by atoms with E-state index < -0.39 is 0 Å². The van der Waals surface area contributed by atoms with Crippen LogP contribution >= 0.6 is 0 Å². The molecule has 64 valence electrons. The Bertz CT molecular complexity index is 124. The van der Waals surface area contributed by atoms with Gasteiger partial charge in [-0.2, -0.15) is 0 Å². The molecule has 0 aliphatic carbocycles. The molecule has 2 fully saturated rings. The maximum absolute atomic E-state index is 5.65. The molecule has 2 aliphatic rings. The highest BCUT2D eigenvalue weighted by atomic mass is 16.6. The molecule has 2 saturated heterocycles. The van der Waals surface area contributed by atoms with E-state index in [9.17, 15) is 0 Å². The molecular formula is C8H14O3. The minimum absolute atomic E-state index is 0.231. The van der Waals surface area contributed by atoms with E-state index in [4.69, 9.17) is 14.2 Å². The lowest BCUT2D eigenvalue weighted by Gasteiger charge is -2.15. The van der Waals surface area contributed by atoms with Crippen LogP contribution in [-0.2, 0) is 14.2 Å². The number of epoxide rings is 2. The largest absolute Gasteiger partial charge is 0.370 e. The molecule has 2 rings (SSSR count). The van der Waals surface area contributed by atoms with Crippen LogP contribution in [0.1, 0.15) is 13.8 Å². The SMILES string of the molecule is CC(OC(C)C1CO1)C1CO1. The smallest absolute Gasteiger partial charge is 0.107 e. The summed E-state index contributed by atoms with van der Waals surface area (Å²) >= 11 is 0. The summed E-state index contributed by atoms with van der Waals surface area (Å²) in [6.45, 7) is 5.83. The summed E-state index contributed by atoms with van der Waals surface area (Å²) in [7, 11) is 0. The van der Waals surface area contributed by atoms with Crippen molar-refractivity contribution in [2.75, 3.05) is 13.2 Å². The van der Waals surface area contributed by atoms with Crippen LogP contribution in [0.15, 0.2) is 0 Å². The van der Waals surface area contributed by atoms with Gasteiger partial charge in [0, 0.05) is 0 Å². The summed E-state index contributed by atoms with van der Waals surface area (Å²) in [4.78, 5) is 0. The van der Waals surface area contributed by atoms with Gasteiger partial charge < -0.3 is 14.2 Å². The lowest BCUT2D eigenvalue weighted by atomic mass is 10.2. The van der Waals surface area contributed by atoms with E-state index in [1.54, 1.807) is 0 Å². The molecule has 0 saturated carbocycles. The average Bonchev–Trinajstić information content (AvgIpc) is 2.84. The minimum Gasteiger partial charge on any atom is -0.370 e. The molecule has 0 bridgehead atoms. The van der Waals surface area contributed by atoms with Gasteiger partial charge in [0.15, 0.2) is 0 Å². The molecule has 0 radical (unpaired) electrons. The second-order valence-electron chi connectivity index (χ2n) is 3.29. The predicted molar refractivity (Wildman–Crippen MR) is 39.5 cm³/mol. The highest BCUT2D eigenvalue weighted by Gasteiger charge is 2.36. The third-order valence-electron chi connectivity index (χ3n) is 2.19. The van der Waals surface area contributed by atoms with Crippen molar-refractivity contribution in [3.63, 3.8) is 0 Å². The van der Waals surface area contributed by atoms with Gasteiger partial charge in [-0.15, -0.1) is 0 Å². The van der Waals surface area contributed by atoms with Crippen molar-refractivity contribution in [1.82, 2.24) is 0 Å². The fourth-order valence-electron chi connectivity index (χ4n) is 1.17. The normalized spacial score (nSPS) is 39.8. The van der Waals surface area contributed by atoms with Crippen molar-refractivity contribution in [2.45, 2.75) is 38.3 Å². The summed E-state index contributed by atoms with van der Waals surface area (Å²) in [5, 5.41) is 0. The third-order valence-corrected chi connectivity index (χ3v) is 2.19. The van der Waals surface area contributed by atoms with Gasteiger partial charge in [-0.25, -0.2) is 0 Å². The van der Waals surface area contributed by atoms with Crippen LogP contribution in [-0.4, -0.2) is 37.6 Å². The van der Waals surface area contributed by atoms with Gasteiger partial charge in [0.1, 0.15) is 12.2 Å². The molecule has 3 heteroatoms. The lowest BCUT2D eigenvalue weighted by Crippen LogP contribution is -2.25. The summed E-state index contributed by atoms with van der Waals surface area (Å²) < 4.78 is 15.9. The zero-order valence-electron chi connectivity index (χ0n) is 6.95. The van der Waals surface area contributed by atoms with Crippen molar-refractivity contribution >= 4 is 0 Å². The monoisotopic (exact) mass is 158 g/mol. The summed E-state index contributed by atoms with van der Waals surface area (Å²) in [5.41, 5.74) is 0. The van der Waals surface area contributed by atoms with E-state index in [0.29, 0.717) is 12.2 Å². The van der Waals surface area contributed by atoms with Gasteiger partial charge in [-0.3, -0.25) is 0 Å². The predicted octanol–water partition coefficient (Wildman–Crippen LogP) is 0.578. The standard InChI is InChI=1S/C8H14O3/c1-5(7-3-9-7)11-6(2)8-4-10-8/h5-8H,3-4H2,1-2H3. The van der Waals surface area contributed by atoms with Crippen LogP contribution in [0.3, 0.4) is 0 Å². The van der Waals surface area contributed by atoms with E-state index in [-0.39, 0.29) is 12.2 Å². The molecule has 0 aromatic heterocycles. The van der Waals surface area contributed by atoms with Crippen molar-refractivity contribution in [3.8, 4) is 0 Å². The molecular weight excluding hydrogens is 144 g/mol. The molecule has 0 amide bonds. The van der Waals surface area contributed by atoms with Crippen LogP contribution in [0.25, 0.3) is 0 Å². The fourth-order valence-corrected chi connectivity index (χ4v) is 1.17. The Morgan fingerprint density at radius 3 is 1.73 bits per heavy atom. The molecule has 0 aromatic rings. The Balaban J connectivity index is 1.69. The Labute approximate surface area is 66.6 Å². The first-order valence-corrected chi connectivity index (χ1v) is 4.16. The average molecular weight is 158 g/mol. The van der Waals surface area contributed by atoms with Crippen molar-refractivity contribution in [2.24, 2.45) is 0 Å². The Morgan fingerprint density at radius 1 is 1.09 bits per heavy atom. The lowest BCUT2D eigenvalue weighted by molar-refractivity contribution is -0.0186. The summed E-state index contributed by atoms with van der Waals surface area (Å²) in [6, 6.07) is 0.